The molecule has 0 unspecified atom stereocenters. The Labute approximate surface area is 242 Å². The van der Waals surface area contributed by atoms with E-state index in [0.29, 0.717) is 31.5 Å². The first-order valence-corrected chi connectivity index (χ1v) is 13.8. The quantitative estimate of drug-likeness (QED) is 0.276. The number of ether oxygens (including phenoxy) is 1. The van der Waals surface area contributed by atoms with Crippen LogP contribution in [0.3, 0.4) is 0 Å². The zero-order valence-electron chi connectivity index (χ0n) is 24.6. The van der Waals surface area contributed by atoms with Gasteiger partial charge < -0.3 is 26.0 Å². The first kappa shape index (κ1) is 31.3. The Morgan fingerprint density at radius 2 is 1.73 bits per heavy atom. The number of amides is 3. The molecule has 3 rings (SSSR count). The number of nitrogens with zero attached hydrogens (tertiary/aromatic N) is 3. The van der Waals surface area contributed by atoms with Crippen molar-refractivity contribution in [3.8, 4) is 5.75 Å². The van der Waals surface area contributed by atoms with E-state index in [1.54, 1.807) is 57.0 Å². The number of anilines is 1. The molecule has 220 valence electrons. The lowest BCUT2D eigenvalue weighted by molar-refractivity contribution is -0.130. The molecule has 2 aromatic carbocycles. The van der Waals surface area contributed by atoms with E-state index >= 15 is 0 Å². The lowest BCUT2D eigenvalue weighted by Crippen LogP contribution is -2.54. The van der Waals surface area contributed by atoms with Crippen LogP contribution in [0.2, 0.25) is 0 Å². The van der Waals surface area contributed by atoms with E-state index < -0.39 is 17.5 Å². The fraction of sp³-hybridized carbons (Fsp3) is 0.419. The Morgan fingerprint density at radius 1 is 1.05 bits per heavy atom. The van der Waals surface area contributed by atoms with Gasteiger partial charge in [-0.1, -0.05) is 42.5 Å². The van der Waals surface area contributed by atoms with E-state index in [-0.39, 0.29) is 17.7 Å². The van der Waals surface area contributed by atoms with Crippen LogP contribution in [0.15, 0.2) is 67.0 Å². The van der Waals surface area contributed by atoms with Crippen LogP contribution in [0.1, 0.15) is 50.2 Å². The molecule has 0 aliphatic carbocycles. The summed E-state index contributed by atoms with van der Waals surface area (Å²) in [4.78, 5) is 40.4. The number of methoxy groups -OCH3 is 1. The largest absolute Gasteiger partial charge is 0.497 e. The third-order valence-corrected chi connectivity index (χ3v) is 6.81. The number of benzene rings is 2. The average Bonchev–Trinajstić information content (AvgIpc) is 3.39. The number of aryl methyl sites for hydroxylation is 2. The van der Waals surface area contributed by atoms with Gasteiger partial charge in [-0.3, -0.25) is 19.1 Å². The fourth-order valence-electron chi connectivity index (χ4n) is 4.39. The molecule has 41 heavy (non-hydrogen) atoms. The number of rotatable bonds is 14. The Bertz CT molecular complexity index is 1280. The van der Waals surface area contributed by atoms with Crippen molar-refractivity contribution in [1.82, 2.24) is 20.0 Å². The van der Waals surface area contributed by atoms with Gasteiger partial charge in [0.1, 0.15) is 11.8 Å². The summed E-state index contributed by atoms with van der Waals surface area (Å²) in [6.07, 6.45) is 5.74. The molecule has 0 saturated heterocycles. The highest BCUT2D eigenvalue weighted by molar-refractivity contribution is 5.98. The van der Waals surface area contributed by atoms with Crippen LogP contribution in [-0.2, 0) is 27.3 Å². The number of carbonyl (C=O) groups is 3. The van der Waals surface area contributed by atoms with E-state index in [9.17, 15) is 14.4 Å². The second-order valence-electron chi connectivity index (χ2n) is 11.0. The number of nitrogens with two attached hydrogens (primary N) is 1. The third-order valence-electron chi connectivity index (χ3n) is 6.81. The topological polar surface area (TPSA) is 132 Å². The molecular formula is C31H42N6O4. The van der Waals surface area contributed by atoms with Gasteiger partial charge in [-0.05, 0) is 62.8 Å². The maximum absolute atomic E-state index is 13.2. The monoisotopic (exact) mass is 562 g/mol. The van der Waals surface area contributed by atoms with Crippen molar-refractivity contribution in [3.63, 3.8) is 0 Å². The highest BCUT2D eigenvalue weighted by Gasteiger charge is 2.28. The van der Waals surface area contributed by atoms with Crippen molar-refractivity contribution in [2.45, 2.75) is 63.6 Å². The normalized spacial score (nSPS) is 12.7. The minimum atomic E-state index is -1.12. The van der Waals surface area contributed by atoms with Crippen LogP contribution < -0.4 is 21.1 Å². The Kier molecular flexibility index (Phi) is 11.0. The molecule has 0 spiro atoms. The van der Waals surface area contributed by atoms with Crippen molar-refractivity contribution in [2.75, 3.05) is 26.5 Å². The summed E-state index contributed by atoms with van der Waals surface area (Å²) in [7, 11) is 5.08. The minimum absolute atomic E-state index is 0.00670. The van der Waals surface area contributed by atoms with Gasteiger partial charge in [0.15, 0.2) is 0 Å². The summed E-state index contributed by atoms with van der Waals surface area (Å²) >= 11 is 0. The fourth-order valence-corrected chi connectivity index (χ4v) is 4.39. The number of hydrogen-bond acceptors (Lipinski definition) is 6. The van der Waals surface area contributed by atoms with Crippen LogP contribution in [0.4, 0.5) is 5.69 Å². The molecule has 10 nitrogen and oxygen atoms in total. The molecule has 0 saturated carbocycles. The minimum Gasteiger partial charge on any atom is -0.497 e. The number of aromatic nitrogens is 2. The van der Waals surface area contributed by atoms with Crippen LogP contribution in [0.25, 0.3) is 0 Å². The van der Waals surface area contributed by atoms with Crippen molar-refractivity contribution in [1.29, 1.82) is 0 Å². The number of carbonyl (C=O) groups excluding carboxylic acids is 3. The molecule has 3 aromatic rings. The van der Waals surface area contributed by atoms with Gasteiger partial charge in [-0.15, -0.1) is 0 Å². The zero-order chi connectivity index (χ0) is 30.0. The first-order valence-electron chi connectivity index (χ1n) is 13.8. The predicted octanol–water partition coefficient (Wildman–Crippen LogP) is 3.34. The molecule has 1 aromatic heterocycles. The van der Waals surface area contributed by atoms with E-state index in [0.717, 1.165) is 17.7 Å². The summed E-state index contributed by atoms with van der Waals surface area (Å²) in [5.41, 5.74) is 7.41. The second-order valence-corrected chi connectivity index (χ2v) is 11.0. The molecule has 0 aliphatic rings. The van der Waals surface area contributed by atoms with E-state index in [1.807, 2.05) is 54.6 Å². The number of likely N-dealkylation sites (N-methyl/N-ethyl adjacent to an activating group) is 1. The zero-order valence-corrected chi connectivity index (χ0v) is 24.6. The van der Waals surface area contributed by atoms with Crippen LogP contribution in [-0.4, -0.2) is 65.2 Å². The maximum Gasteiger partial charge on any atom is 0.247 e. The van der Waals surface area contributed by atoms with Gasteiger partial charge in [0, 0.05) is 26.8 Å². The Morgan fingerprint density at radius 3 is 2.34 bits per heavy atom. The number of nitrogens with one attached hydrogen (secondary N) is 2. The molecule has 0 fully saturated rings. The second kappa shape index (κ2) is 14.5. The summed E-state index contributed by atoms with van der Waals surface area (Å²) in [6, 6.07) is 16.7. The molecular weight excluding hydrogens is 520 g/mol. The molecule has 3 amide bonds. The van der Waals surface area contributed by atoms with E-state index in [4.69, 9.17) is 10.5 Å². The first-order chi connectivity index (χ1) is 19.5. The lowest BCUT2D eigenvalue weighted by atomic mass is 9.94. The van der Waals surface area contributed by atoms with Gasteiger partial charge in [0.2, 0.25) is 17.7 Å². The third kappa shape index (κ3) is 9.46. The highest BCUT2D eigenvalue weighted by Crippen LogP contribution is 2.25. The van der Waals surface area contributed by atoms with E-state index in [2.05, 4.69) is 15.7 Å². The molecule has 2 atom stereocenters. The van der Waals surface area contributed by atoms with Crippen molar-refractivity contribution in [2.24, 2.45) is 5.73 Å². The maximum atomic E-state index is 13.2. The van der Waals surface area contributed by atoms with Gasteiger partial charge in [-0.25, -0.2) is 0 Å². The van der Waals surface area contributed by atoms with Crippen LogP contribution in [0, 0.1) is 0 Å². The van der Waals surface area contributed by atoms with E-state index in [1.165, 1.54) is 5.56 Å². The van der Waals surface area contributed by atoms with Crippen molar-refractivity contribution in [3.05, 3.63) is 78.1 Å². The van der Waals surface area contributed by atoms with Crippen molar-refractivity contribution >= 4 is 23.4 Å². The van der Waals surface area contributed by atoms with Crippen LogP contribution >= 0.6 is 0 Å². The summed E-state index contributed by atoms with van der Waals surface area (Å²) in [5, 5.41) is 10.1. The SMILES string of the molecule is COc1ccc([C@@H](CCn2cc(NC(=O)[C@@H](CCCc3ccccc3)NC(=O)C(C)(C)N)cn2)C(=O)N(C)C)cc1. The summed E-state index contributed by atoms with van der Waals surface area (Å²) in [5.74, 6) is -0.381. The molecule has 10 heteroatoms. The van der Waals surface area contributed by atoms with Crippen LogP contribution in [0.5, 0.6) is 5.75 Å². The predicted molar refractivity (Wildman–Crippen MR) is 159 cm³/mol. The standard InChI is InChI=1S/C31H42N6O4/c1-31(2,32)30(40)35-27(13-9-12-22-10-7-6-8-11-22)28(38)34-24-20-33-37(21-24)19-18-26(29(39)36(3)4)23-14-16-25(41-5)17-15-23/h6-8,10-11,14-17,20-21,26-27H,9,12-13,18-19,32H2,1-5H3,(H,34,38)(H,35,40)/t26-,27-/m1/s1. The van der Waals surface area contributed by atoms with Gasteiger partial charge in [0.05, 0.1) is 30.5 Å². The smallest absolute Gasteiger partial charge is 0.247 e. The Hall–Kier alpha value is -4.18. The summed E-state index contributed by atoms with van der Waals surface area (Å²) < 4.78 is 6.94. The average molecular weight is 563 g/mol. The number of hydrogen-bond donors (Lipinski definition) is 3. The summed E-state index contributed by atoms with van der Waals surface area (Å²) in [6.45, 7) is 3.67. The molecule has 0 bridgehead atoms. The lowest BCUT2D eigenvalue weighted by Gasteiger charge is -2.23. The van der Waals surface area contributed by atoms with Gasteiger partial charge in [0.25, 0.3) is 0 Å². The molecule has 0 aliphatic heterocycles. The van der Waals surface area contributed by atoms with Gasteiger partial charge in [-0.2, -0.15) is 5.10 Å². The molecule has 4 N–H and O–H groups in total. The molecule has 1 heterocycles. The van der Waals surface area contributed by atoms with Crippen molar-refractivity contribution < 1.29 is 19.1 Å². The van der Waals surface area contributed by atoms with Gasteiger partial charge >= 0.3 is 0 Å². The Balaban J connectivity index is 1.65. The highest BCUT2D eigenvalue weighted by atomic mass is 16.5. The molecule has 0 radical (unpaired) electrons.